The van der Waals surface area contributed by atoms with Gasteiger partial charge in [-0.1, -0.05) is 6.07 Å². The van der Waals surface area contributed by atoms with Gasteiger partial charge >= 0.3 is 7.12 Å². The van der Waals surface area contributed by atoms with Crippen molar-refractivity contribution in [3.63, 3.8) is 0 Å². The van der Waals surface area contributed by atoms with Gasteiger partial charge in [-0.2, -0.15) is 0 Å². The van der Waals surface area contributed by atoms with E-state index < -0.39 is 7.12 Å². The van der Waals surface area contributed by atoms with Crippen LogP contribution < -0.4 is 10.2 Å². The Hall–Kier alpha value is -1.04. The van der Waals surface area contributed by atoms with Crippen LogP contribution in [0.5, 0.6) is 5.75 Å². The predicted molar refractivity (Wildman–Crippen MR) is 65.2 cm³/mol. The van der Waals surface area contributed by atoms with Crippen molar-refractivity contribution in [3.05, 3.63) is 23.8 Å². The van der Waals surface area contributed by atoms with Crippen molar-refractivity contribution < 1.29 is 19.5 Å². The van der Waals surface area contributed by atoms with E-state index in [9.17, 15) is 0 Å². The van der Waals surface area contributed by atoms with Crippen LogP contribution >= 0.6 is 0 Å². The molecule has 0 spiro atoms. The van der Waals surface area contributed by atoms with Crippen molar-refractivity contribution in [2.75, 3.05) is 13.4 Å². The van der Waals surface area contributed by atoms with E-state index in [0.29, 0.717) is 11.2 Å². The monoisotopic (exact) mass is 236 g/mol. The quantitative estimate of drug-likeness (QED) is 0.427. The fraction of sp³-hybridized carbons (Fsp3) is 0.500. The Balaban J connectivity index is 1.81. The highest BCUT2D eigenvalue weighted by molar-refractivity contribution is 6.59. The molecule has 5 heteroatoms. The predicted octanol–water partition coefficient (Wildman–Crippen LogP) is 0.438. The highest BCUT2D eigenvalue weighted by Crippen LogP contribution is 2.28. The molecule has 0 unspecified atom stereocenters. The summed E-state index contributed by atoms with van der Waals surface area (Å²) in [6.45, 7) is 2.83. The minimum Gasteiger partial charge on any atom is -0.468 e. The van der Waals surface area contributed by atoms with Crippen LogP contribution in [0, 0.1) is 12.8 Å². The Morgan fingerprint density at radius 3 is 2.71 bits per heavy atom. The Morgan fingerprint density at radius 1 is 1.35 bits per heavy atom. The van der Waals surface area contributed by atoms with Crippen molar-refractivity contribution in [2.24, 2.45) is 5.92 Å². The molecule has 0 aliphatic heterocycles. The number of aryl methyl sites for hydroxylation is 1. The maximum Gasteiger partial charge on any atom is 0.488 e. The van der Waals surface area contributed by atoms with Crippen LogP contribution in [-0.4, -0.2) is 30.6 Å². The third kappa shape index (κ3) is 3.73. The number of ether oxygens (including phenoxy) is 2. The topological polar surface area (TPSA) is 58.9 Å². The summed E-state index contributed by atoms with van der Waals surface area (Å²) < 4.78 is 10.8. The molecule has 0 atom stereocenters. The van der Waals surface area contributed by atoms with Crippen LogP contribution in [0.4, 0.5) is 0 Å². The van der Waals surface area contributed by atoms with Gasteiger partial charge in [-0.05, 0) is 48.8 Å². The van der Waals surface area contributed by atoms with E-state index in [1.165, 1.54) is 12.8 Å². The Kier molecular flexibility index (Phi) is 4.04. The van der Waals surface area contributed by atoms with Crippen LogP contribution in [0.15, 0.2) is 18.2 Å². The molecule has 1 aromatic carbocycles. The molecule has 1 saturated carbocycles. The first-order valence-electron chi connectivity index (χ1n) is 5.84. The van der Waals surface area contributed by atoms with Gasteiger partial charge in [0.2, 0.25) is 0 Å². The largest absolute Gasteiger partial charge is 0.488 e. The third-order valence-electron chi connectivity index (χ3n) is 2.88. The molecular formula is C12H17BO4. The van der Waals surface area contributed by atoms with Gasteiger partial charge in [0.15, 0.2) is 6.79 Å². The normalized spacial score (nSPS) is 14.8. The second kappa shape index (κ2) is 5.53. The van der Waals surface area contributed by atoms with E-state index in [1.54, 1.807) is 18.2 Å². The highest BCUT2D eigenvalue weighted by Gasteiger charge is 2.21. The lowest BCUT2D eigenvalue weighted by Gasteiger charge is -2.10. The number of hydrogen-bond acceptors (Lipinski definition) is 4. The molecule has 1 fully saturated rings. The minimum atomic E-state index is -1.44. The summed E-state index contributed by atoms with van der Waals surface area (Å²) >= 11 is 0. The summed E-state index contributed by atoms with van der Waals surface area (Å²) in [4.78, 5) is 0. The standard InChI is InChI=1S/C12H17BO4/c1-9-6-11(4-5-12(9)13(14)15)17-8-16-7-10-2-3-10/h4-6,10,14-15H,2-3,7-8H2,1H3. The van der Waals surface area contributed by atoms with Crippen molar-refractivity contribution in [1.29, 1.82) is 0 Å². The second-order valence-corrected chi connectivity index (χ2v) is 4.47. The van der Waals surface area contributed by atoms with Gasteiger partial charge in [-0.3, -0.25) is 0 Å². The third-order valence-corrected chi connectivity index (χ3v) is 2.88. The number of benzene rings is 1. The van der Waals surface area contributed by atoms with Gasteiger partial charge in [-0.25, -0.2) is 0 Å². The van der Waals surface area contributed by atoms with Crippen LogP contribution in [-0.2, 0) is 4.74 Å². The van der Waals surface area contributed by atoms with Crippen molar-refractivity contribution in [1.82, 2.24) is 0 Å². The van der Waals surface area contributed by atoms with Crippen molar-refractivity contribution in [2.45, 2.75) is 19.8 Å². The Bertz CT molecular complexity index is 377. The van der Waals surface area contributed by atoms with Crippen LogP contribution in [0.3, 0.4) is 0 Å². The molecular weight excluding hydrogens is 219 g/mol. The van der Waals surface area contributed by atoms with Gasteiger partial charge in [0.25, 0.3) is 0 Å². The summed E-state index contributed by atoms with van der Waals surface area (Å²) in [5, 5.41) is 18.1. The Morgan fingerprint density at radius 2 is 2.12 bits per heavy atom. The second-order valence-electron chi connectivity index (χ2n) is 4.47. The summed E-state index contributed by atoms with van der Waals surface area (Å²) in [7, 11) is -1.44. The molecule has 0 saturated heterocycles. The lowest BCUT2D eigenvalue weighted by molar-refractivity contribution is 0.00997. The van der Waals surface area contributed by atoms with Crippen LogP contribution in [0.25, 0.3) is 0 Å². The van der Waals surface area contributed by atoms with Crippen LogP contribution in [0.1, 0.15) is 18.4 Å². The summed E-state index contributed by atoms with van der Waals surface area (Å²) in [6, 6.07) is 5.13. The van der Waals surface area contributed by atoms with Gasteiger partial charge < -0.3 is 19.5 Å². The van der Waals surface area contributed by atoms with E-state index in [1.807, 2.05) is 6.92 Å². The molecule has 0 amide bonds. The van der Waals surface area contributed by atoms with E-state index in [2.05, 4.69) is 0 Å². The molecule has 0 heterocycles. The molecule has 17 heavy (non-hydrogen) atoms. The minimum absolute atomic E-state index is 0.247. The maximum absolute atomic E-state index is 9.07. The van der Waals surface area contributed by atoms with Gasteiger partial charge in [0, 0.05) is 0 Å². The lowest BCUT2D eigenvalue weighted by atomic mass is 9.77. The van der Waals surface area contributed by atoms with Crippen molar-refractivity contribution >= 4 is 12.6 Å². The molecule has 1 aromatic rings. The average molecular weight is 236 g/mol. The fourth-order valence-corrected chi connectivity index (χ4v) is 1.64. The highest BCUT2D eigenvalue weighted by atomic mass is 16.7. The fourth-order valence-electron chi connectivity index (χ4n) is 1.64. The van der Waals surface area contributed by atoms with Gasteiger partial charge in [0.1, 0.15) is 5.75 Å². The van der Waals surface area contributed by atoms with Gasteiger partial charge in [-0.15, -0.1) is 0 Å². The Labute approximate surface area is 101 Å². The number of rotatable bonds is 6. The molecule has 0 bridgehead atoms. The molecule has 2 N–H and O–H groups in total. The molecule has 1 aliphatic carbocycles. The maximum atomic E-state index is 9.07. The smallest absolute Gasteiger partial charge is 0.468 e. The van der Waals surface area contributed by atoms with Crippen LogP contribution in [0.2, 0.25) is 0 Å². The zero-order chi connectivity index (χ0) is 12.3. The molecule has 0 aromatic heterocycles. The number of hydrogen-bond donors (Lipinski definition) is 2. The first kappa shape index (κ1) is 12.4. The zero-order valence-electron chi connectivity index (χ0n) is 9.93. The molecule has 92 valence electrons. The van der Waals surface area contributed by atoms with E-state index in [4.69, 9.17) is 19.5 Å². The average Bonchev–Trinajstić information content (AvgIpc) is 3.08. The van der Waals surface area contributed by atoms with Gasteiger partial charge in [0.05, 0.1) is 6.61 Å². The van der Waals surface area contributed by atoms with E-state index in [0.717, 1.165) is 18.1 Å². The summed E-state index contributed by atoms with van der Waals surface area (Å²) in [5.74, 6) is 1.41. The SMILES string of the molecule is Cc1cc(OCOCC2CC2)ccc1B(O)O. The molecule has 0 radical (unpaired) electrons. The van der Waals surface area contributed by atoms with Crippen molar-refractivity contribution in [3.8, 4) is 5.75 Å². The molecule has 4 nitrogen and oxygen atoms in total. The first-order valence-corrected chi connectivity index (χ1v) is 5.84. The zero-order valence-corrected chi connectivity index (χ0v) is 9.93. The van der Waals surface area contributed by atoms with E-state index >= 15 is 0 Å². The molecule has 2 rings (SSSR count). The summed E-state index contributed by atoms with van der Waals surface area (Å²) in [5.41, 5.74) is 1.29. The summed E-state index contributed by atoms with van der Waals surface area (Å²) in [6.07, 6.45) is 2.53. The van der Waals surface area contributed by atoms with E-state index in [-0.39, 0.29) is 6.79 Å². The lowest BCUT2D eigenvalue weighted by Crippen LogP contribution is -2.31. The first-order chi connectivity index (χ1) is 8.16. The molecule has 1 aliphatic rings.